The molecule has 1 aromatic carbocycles. The van der Waals surface area contributed by atoms with Crippen LogP contribution in [0.5, 0.6) is 5.75 Å². The number of nitrogens with zero attached hydrogens (tertiary/aromatic N) is 4. The predicted molar refractivity (Wildman–Crippen MR) is 92.5 cm³/mol. The number of nitrogens with two attached hydrogens (primary N) is 2. The van der Waals surface area contributed by atoms with Gasteiger partial charge in [-0.15, -0.1) is 13.2 Å². The molecule has 1 aliphatic rings. The van der Waals surface area contributed by atoms with E-state index in [0.29, 0.717) is 6.07 Å². The molecule has 1 aliphatic heterocycles. The summed E-state index contributed by atoms with van der Waals surface area (Å²) in [5, 5.41) is 22.9. The Kier molecular flexibility index (Phi) is 4.74. The van der Waals surface area contributed by atoms with Gasteiger partial charge in [0.1, 0.15) is 40.9 Å². The Balaban J connectivity index is 2.22. The summed E-state index contributed by atoms with van der Waals surface area (Å²) >= 11 is 0. The molecular weight excluding hydrogens is 396 g/mol. The first-order valence-electron chi connectivity index (χ1n) is 7.68. The third kappa shape index (κ3) is 3.89. The third-order valence-electron chi connectivity index (χ3n) is 3.80. The summed E-state index contributed by atoms with van der Waals surface area (Å²) in [5.41, 5.74) is 11.4. The largest absolute Gasteiger partial charge is 0.573 e. The highest BCUT2D eigenvalue weighted by atomic mass is 19.4. The van der Waals surface area contributed by atoms with Crippen LogP contribution in [0.2, 0.25) is 0 Å². The van der Waals surface area contributed by atoms with Gasteiger partial charge in [0.25, 0.3) is 0 Å². The Morgan fingerprint density at radius 2 is 1.93 bits per heavy atom. The minimum Gasteiger partial charge on any atom is -0.406 e. The van der Waals surface area contributed by atoms with Crippen molar-refractivity contribution in [3.8, 4) is 18.0 Å². The second-order valence-electron chi connectivity index (χ2n) is 5.67. The van der Waals surface area contributed by atoms with Crippen LogP contribution in [0.25, 0.3) is 0 Å². The van der Waals surface area contributed by atoms with Gasteiger partial charge in [0, 0.05) is 11.6 Å². The zero-order valence-electron chi connectivity index (χ0n) is 14.2. The molecule has 13 heteroatoms. The molecule has 0 radical (unpaired) electrons. The van der Waals surface area contributed by atoms with E-state index in [0.717, 1.165) is 12.1 Å². The van der Waals surface area contributed by atoms with E-state index >= 15 is 0 Å². The average molecular weight is 406 g/mol. The fraction of sp³-hybridized carbons (Fsp3) is 0.125. The van der Waals surface area contributed by atoms with Crippen LogP contribution in [0, 0.1) is 28.6 Å². The number of ether oxygens (including phenoxy) is 1. The fourth-order valence-electron chi connectivity index (χ4n) is 2.76. The Hall–Kier alpha value is -4.26. The number of aliphatic imine (C=N–C) groups is 1. The molecule has 29 heavy (non-hydrogen) atoms. The van der Waals surface area contributed by atoms with Gasteiger partial charge >= 0.3 is 6.36 Å². The highest BCUT2D eigenvalue weighted by Crippen LogP contribution is 2.41. The molecule has 0 saturated carbocycles. The number of guanidine groups is 1. The van der Waals surface area contributed by atoms with E-state index in [1.807, 2.05) is 0 Å². The maximum Gasteiger partial charge on any atom is 0.573 e. The standard InChI is InChI=1S/C16H10F4N8O/c17-7-1-6(2-8(3-7)29-16(18,19)20)12-10-11(23)9(4-21)13(24)27-14(10)28-15(26-12)25-5-22/h1-3,12H,(H6,23,24,25,26,27,28). The van der Waals surface area contributed by atoms with Gasteiger partial charge in [0.05, 0.1) is 5.69 Å². The zero-order valence-corrected chi connectivity index (χ0v) is 14.2. The van der Waals surface area contributed by atoms with Crippen LogP contribution in [0.4, 0.5) is 34.9 Å². The molecular formula is C16H10F4N8O. The maximum atomic E-state index is 14.0. The number of halogens is 4. The summed E-state index contributed by atoms with van der Waals surface area (Å²) in [6.07, 6.45) is -3.43. The number of nitrogen functional groups attached to an aromatic ring is 2. The molecule has 2 aromatic rings. The van der Waals surface area contributed by atoms with Gasteiger partial charge < -0.3 is 21.5 Å². The molecule has 3 rings (SSSR count). The van der Waals surface area contributed by atoms with Gasteiger partial charge in [-0.2, -0.15) is 10.5 Å². The summed E-state index contributed by atoms with van der Waals surface area (Å²) in [6, 6.07) is 2.92. The summed E-state index contributed by atoms with van der Waals surface area (Å²) in [4.78, 5) is 8.11. The summed E-state index contributed by atoms with van der Waals surface area (Å²) in [7, 11) is 0. The number of hydrogen-bond donors (Lipinski definition) is 4. The third-order valence-corrected chi connectivity index (χ3v) is 3.80. The molecule has 0 saturated heterocycles. The van der Waals surface area contributed by atoms with Crippen molar-refractivity contribution >= 4 is 23.3 Å². The smallest absolute Gasteiger partial charge is 0.406 e. The molecule has 0 aliphatic carbocycles. The second-order valence-corrected chi connectivity index (χ2v) is 5.67. The number of anilines is 3. The Morgan fingerprint density at radius 1 is 1.21 bits per heavy atom. The Bertz CT molecular complexity index is 1100. The van der Waals surface area contributed by atoms with Gasteiger partial charge in [0.15, 0.2) is 6.19 Å². The monoisotopic (exact) mass is 406 g/mol. The van der Waals surface area contributed by atoms with E-state index in [1.54, 1.807) is 12.3 Å². The number of fused-ring (bicyclic) bond motifs is 1. The van der Waals surface area contributed by atoms with Gasteiger partial charge in [0.2, 0.25) is 5.96 Å². The van der Waals surface area contributed by atoms with Crippen LogP contribution in [0.1, 0.15) is 22.7 Å². The van der Waals surface area contributed by atoms with Crippen LogP contribution < -0.4 is 26.8 Å². The van der Waals surface area contributed by atoms with Gasteiger partial charge in [-0.25, -0.2) is 14.4 Å². The lowest BCUT2D eigenvalue weighted by Crippen LogP contribution is -2.32. The molecule has 0 bridgehead atoms. The van der Waals surface area contributed by atoms with Crippen molar-refractivity contribution in [3.63, 3.8) is 0 Å². The van der Waals surface area contributed by atoms with E-state index < -0.39 is 24.0 Å². The molecule has 1 atom stereocenters. The number of rotatable bonds is 2. The van der Waals surface area contributed by atoms with Gasteiger partial charge in [-0.05, 0) is 17.7 Å². The number of nitriles is 2. The van der Waals surface area contributed by atoms with Crippen LogP contribution in [0.15, 0.2) is 23.2 Å². The van der Waals surface area contributed by atoms with Gasteiger partial charge in [-0.3, -0.25) is 5.32 Å². The normalized spacial score (nSPS) is 15.2. The number of alkyl halides is 3. The fourth-order valence-corrected chi connectivity index (χ4v) is 2.76. The van der Waals surface area contributed by atoms with Gasteiger partial charge in [-0.1, -0.05) is 0 Å². The topological polar surface area (TPSA) is 158 Å². The molecule has 1 aromatic heterocycles. The quantitative estimate of drug-likeness (QED) is 0.335. The highest BCUT2D eigenvalue weighted by molar-refractivity contribution is 5.98. The Morgan fingerprint density at radius 3 is 2.55 bits per heavy atom. The number of benzene rings is 1. The zero-order chi connectivity index (χ0) is 21.3. The average Bonchev–Trinajstić information content (AvgIpc) is 2.59. The van der Waals surface area contributed by atoms with Crippen molar-refractivity contribution in [2.75, 3.05) is 16.8 Å². The summed E-state index contributed by atoms with van der Waals surface area (Å²) in [6.45, 7) is 0. The first kappa shape index (κ1) is 19.5. The molecule has 148 valence electrons. The molecule has 2 heterocycles. The van der Waals surface area contributed by atoms with Crippen molar-refractivity contribution in [1.29, 1.82) is 10.5 Å². The van der Waals surface area contributed by atoms with E-state index in [1.165, 1.54) is 0 Å². The predicted octanol–water partition coefficient (Wildman–Crippen LogP) is 2.10. The van der Waals surface area contributed by atoms with Crippen molar-refractivity contribution < 1.29 is 22.3 Å². The minimum absolute atomic E-state index is 0.000647. The van der Waals surface area contributed by atoms with Crippen LogP contribution in [-0.2, 0) is 0 Å². The second kappa shape index (κ2) is 7.05. The first-order valence-corrected chi connectivity index (χ1v) is 7.68. The maximum absolute atomic E-state index is 14.0. The molecule has 6 N–H and O–H groups in total. The number of aromatic nitrogens is 1. The van der Waals surface area contributed by atoms with E-state index in [9.17, 15) is 22.8 Å². The summed E-state index contributed by atoms with van der Waals surface area (Å²) < 4.78 is 55.4. The van der Waals surface area contributed by atoms with Crippen LogP contribution >= 0.6 is 0 Å². The van der Waals surface area contributed by atoms with E-state index in [-0.39, 0.29) is 40.0 Å². The van der Waals surface area contributed by atoms with E-state index in [2.05, 4.69) is 25.3 Å². The molecule has 0 amide bonds. The van der Waals surface area contributed by atoms with E-state index in [4.69, 9.17) is 16.7 Å². The lowest BCUT2D eigenvalue weighted by molar-refractivity contribution is -0.274. The van der Waals surface area contributed by atoms with Crippen molar-refractivity contribution in [3.05, 3.63) is 40.7 Å². The molecule has 0 spiro atoms. The first-order chi connectivity index (χ1) is 13.6. The lowest BCUT2D eigenvalue weighted by Gasteiger charge is -2.26. The Labute approximate surface area is 160 Å². The van der Waals surface area contributed by atoms with Crippen LogP contribution in [0.3, 0.4) is 0 Å². The summed E-state index contributed by atoms with van der Waals surface area (Å²) in [5.74, 6) is -2.20. The number of hydrogen-bond acceptors (Lipinski definition) is 9. The van der Waals surface area contributed by atoms with Crippen LogP contribution in [-0.4, -0.2) is 17.3 Å². The van der Waals surface area contributed by atoms with Crippen molar-refractivity contribution in [1.82, 2.24) is 10.3 Å². The van der Waals surface area contributed by atoms with Crippen molar-refractivity contribution in [2.24, 2.45) is 4.99 Å². The number of nitrogens with one attached hydrogen (secondary N) is 2. The lowest BCUT2D eigenvalue weighted by atomic mass is 9.95. The molecule has 9 nitrogen and oxygen atoms in total. The number of pyridine rings is 1. The highest BCUT2D eigenvalue weighted by Gasteiger charge is 2.33. The van der Waals surface area contributed by atoms with Crippen molar-refractivity contribution in [2.45, 2.75) is 12.4 Å². The SMILES string of the molecule is N#CNC1=NC(c2cc(F)cc(OC(F)(F)F)c2)c2c(nc(N)c(C#N)c2N)N1. The molecule has 1 unspecified atom stereocenters. The minimum atomic E-state index is -5.04. The molecule has 0 fully saturated rings.